The number of aromatic amines is 1. The fourth-order valence-electron chi connectivity index (χ4n) is 2.52. The molecule has 0 aliphatic rings. The Morgan fingerprint density at radius 1 is 1.28 bits per heavy atom. The van der Waals surface area contributed by atoms with Crippen molar-refractivity contribution in [2.45, 2.75) is 20.0 Å². The van der Waals surface area contributed by atoms with Gasteiger partial charge in [-0.2, -0.15) is 0 Å². The molecule has 3 aromatic rings. The van der Waals surface area contributed by atoms with Crippen LogP contribution in [0.4, 0.5) is 0 Å². The van der Waals surface area contributed by atoms with Crippen molar-refractivity contribution in [3.8, 4) is 22.9 Å². The maximum atomic E-state index is 10.5. The summed E-state index contributed by atoms with van der Waals surface area (Å²) in [5, 5.41) is 11.0. The number of H-pyrrole nitrogens is 1. The molecule has 0 bridgehead atoms. The first-order chi connectivity index (χ1) is 11.9. The molecule has 1 heterocycles. The third-order valence-corrected chi connectivity index (χ3v) is 4.11. The van der Waals surface area contributed by atoms with E-state index in [9.17, 15) is 5.11 Å². The Morgan fingerprint density at radius 2 is 2.04 bits per heavy atom. The number of rotatable bonds is 5. The number of phenolic OH excluding ortho intramolecular Hbond substituents is 1. The van der Waals surface area contributed by atoms with Crippen LogP contribution in [0.15, 0.2) is 30.3 Å². The van der Waals surface area contributed by atoms with Gasteiger partial charge in [0, 0.05) is 10.6 Å². The van der Waals surface area contributed by atoms with Gasteiger partial charge in [0.2, 0.25) is 0 Å². The first-order valence-electron chi connectivity index (χ1n) is 8.02. The van der Waals surface area contributed by atoms with Crippen molar-refractivity contribution in [1.82, 2.24) is 9.97 Å². The van der Waals surface area contributed by atoms with E-state index in [0.717, 1.165) is 5.52 Å². The van der Waals surface area contributed by atoms with Gasteiger partial charge in [-0.3, -0.25) is 0 Å². The lowest BCUT2D eigenvalue weighted by molar-refractivity contribution is 0.259. The number of ether oxygens (including phenoxy) is 1. The van der Waals surface area contributed by atoms with Crippen molar-refractivity contribution in [1.29, 1.82) is 0 Å². The zero-order valence-corrected chi connectivity index (χ0v) is 14.8. The zero-order chi connectivity index (χ0) is 18.1. The number of nitrogens with zero attached hydrogens (tertiary/aromatic N) is 1. The van der Waals surface area contributed by atoms with Crippen LogP contribution >= 0.6 is 11.6 Å². The molecule has 6 nitrogen and oxygen atoms in total. The lowest BCUT2D eigenvalue weighted by atomic mass is 10.1. The normalized spacial score (nSPS) is 11.6. The number of hydrogen-bond donors (Lipinski definition) is 4. The molecule has 0 radical (unpaired) electrons. The van der Waals surface area contributed by atoms with Crippen LogP contribution in [0.1, 0.15) is 25.6 Å². The molecule has 0 saturated heterocycles. The third-order valence-electron chi connectivity index (χ3n) is 3.79. The molecule has 7 heteroatoms. The SMILES string of the molecule is CC(C)COc1cccc(-c2nc3cc(Cl)c(C(N)N)cc3[nH]2)c1O. The number of fused-ring (bicyclic) bond motifs is 1. The molecule has 0 atom stereocenters. The highest BCUT2D eigenvalue weighted by atomic mass is 35.5. The Morgan fingerprint density at radius 3 is 2.72 bits per heavy atom. The summed E-state index contributed by atoms with van der Waals surface area (Å²) in [6.07, 6.45) is -0.676. The van der Waals surface area contributed by atoms with Crippen LogP contribution in [0.3, 0.4) is 0 Å². The highest BCUT2D eigenvalue weighted by molar-refractivity contribution is 6.32. The number of para-hydroxylation sites is 1. The Labute approximate surface area is 150 Å². The van der Waals surface area contributed by atoms with Crippen LogP contribution in [0.2, 0.25) is 5.02 Å². The number of aromatic hydroxyl groups is 1. The first kappa shape index (κ1) is 17.5. The van der Waals surface area contributed by atoms with Crippen LogP contribution in [0.25, 0.3) is 22.4 Å². The van der Waals surface area contributed by atoms with E-state index in [1.54, 1.807) is 24.3 Å². The number of nitrogens with two attached hydrogens (primary N) is 2. The van der Waals surface area contributed by atoms with E-state index >= 15 is 0 Å². The Bertz CT molecular complexity index is 905. The minimum absolute atomic E-state index is 0.0454. The van der Waals surface area contributed by atoms with Crippen LogP contribution in [0, 0.1) is 5.92 Å². The van der Waals surface area contributed by atoms with Crippen molar-refractivity contribution >= 4 is 22.6 Å². The summed E-state index contributed by atoms with van der Waals surface area (Å²) in [7, 11) is 0. The molecule has 2 aromatic carbocycles. The van der Waals surface area contributed by atoms with Crippen molar-refractivity contribution in [3.05, 3.63) is 40.9 Å². The number of benzene rings is 2. The highest BCUT2D eigenvalue weighted by Gasteiger charge is 2.16. The molecule has 0 aliphatic carbocycles. The average Bonchev–Trinajstić information content (AvgIpc) is 2.95. The summed E-state index contributed by atoms with van der Waals surface area (Å²) < 4.78 is 5.66. The molecular formula is C18H21ClN4O2. The predicted octanol–water partition coefficient (Wildman–Crippen LogP) is 3.54. The van der Waals surface area contributed by atoms with Crippen LogP contribution in [0.5, 0.6) is 11.5 Å². The quantitative estimate of drug-likeness (QED) is 0.520. The molecule has 132 valence electrons. The van der Waals surface area contributed by atoms with E-state index in [4.69, 9.17) is 27.8 Å². The predicted molar refractivity (Wildman–Crippen MR) is 99.7 cm³/mol. The standard InChI is InChI=1S/C18H21ClN4O2/c1-9(2)8-25-15-5-3-4-10(16(15)24)18-22-13-6-11(17(20)21)12(19)7-14(13)23-18/h3-7,9,17,24H,8,20-21H2,1-2H3,(H,22,23). The summed E-state index contributed by atoms with van der Waals surface area (Å²) in [5.74, 6) is 1.34. The van der Waals surface area contributed by atoms with Gasteiger partial charge in [0.15, 0.2) is 11.5 Å². The molecule has 0 amide bonds. The van der Waals surface area contributed by atoms with Crippen molar-refractivity contribution < 1.29 is 9.84 Å². The molecule has 0 spiro atoms. The number of nitrogens with one attached hydrogen (secondary N) is 1. The molecule has 3 rings (SSSR count). The third kappa shape index (κ3) is 3.56. The number of hydrogen-bond acceptors (Lipinski definition) is 5. The van der Waals surface area contributed by atoms with E-state index in [1.165, 1.54) is 0 Å². The molecule has 0 aliphatic heterocycles. The van der Waals surface area contributed by atoms with E-state index < -0.39 is 6.17 Å². The maximum Gasteiger partial charge on any atom is 0.168 e. The maximum absolute atomic E-state index is 10.5. The molecule has 6 N–H and O–H groups in total. The van der Waals surface area contributed by atoms with Gasteiger partial charge in [0.1, 0.15) is 5.82 Å². The molecule has 0 unspecified atom stereocenters. The Hall–Kier alpha value is -2.28. The summed E-state index contributed by atoms with van der Waals surface area (Å²) >= 11 is 6.20. The first-order valence-corrected chi connectivity index (χ1v) is 8.40. The average molecular weight is 361 g/mol. The second kappa shape index (κ2) is 6.92. The lowest BCUT2D eigenvalue weighted by Crippen LogP contribution is -2.20. The van der Waals surface area contributed by atoms with Crippen LogP contribution in [-0.4, -0.2) is 21.7 Å². The van der Waals surface area contributed by atoms with Gasteiger partial charge in [0.05, 0.1) is 29.4 Å². The molecule has 1 aromatic heterocycles. The molecule has 0 fully saturated rings. The second-order valence-electron chi connectivity index (χ2n) is 6.36. The summed E-state index contributed by atoms with van der Waals surface area (Å²) in [6, 6.07) is 8.79. The molecular weight excluding hydrogens is 340 g/mol. The summed E-state index contributed by atoms with van der Waals surface area (Å²) in [4.78, 5) is 7.68. The molecule has 25 heavy (non-hydrogen) atoms. The van der Waals surface area contributed by atoms with E-state index in [0.29, 0.717) is 45.8 Å². The number of halogens is 1. The molecule has 0 saturated carbocycles. The minimum atomic E-state index is -0.676. The van der Waals surface area contributed by atoms with E-state index in [2.05, 4.69) is 9.97 Å². The van der Waals surface area contributed by atoms with Gasteiger partial charge in [-0.1, -0.05) is 31.5 Å². The summed E-state index contributed by atoms with van der Waals surface area (Å²) in [5.41, 5.74) is 14.0. The number of aromatic nitrogens is 2. The van der Waals surface area contributed by atoms with Gasteiger partial charge < -0.3 is 26.3 Å². The van der Waals surface area contributed by atoms with Gasteiger partial charge >= 0.3 is 0 Å². The van der Waals surface area contributed by atoms with Gasteiger partial charge in [0.25, 0.3) is 0 Å². The van der Waals surface area contributed by atoms with E-state index in [-0.39, 0.29) is 5.75 Å². The highest BCUT2D eigenvalue weighted by Crippen LogP contribution is 2.37. The Balaban J connectivity index is 2.03. The largest absolute Gasteiger partial charge is 0.504 e. The second-order valence-corrected chi connectivity index (χ2v) is 6.77. The minimum Gasteiger partial charge on any atom is -0.504 e. The Kier molecular flexibility index (Phi) is 4.85. The summed E-state index contributed by atoms with van der Waals surface area (Å²) in [6.45, 7) is 4.61. The van der Waals surface area contributed by atoms with Crippen molar-refractivity contribution in [2.24, 2.45) is 17.4 Å². The number of phenols is 1. The zero-order valence-electron chi connectivity index (χ0n) is 14.1. The lowest BCUT2D eigenvalue weighted by Gasteiger charge is -2.11. The smallest absolute Gasteiger partial charge is 0.168 e. The topological polar surface area (TPSA) is 110 Å². The monoisotopic (exact) mass is 360 g/mol. The van der Waals surface area contributed by atoms with Gasteiger partial charge in [-0.05, 0) is 30.2 Å². The van der Waals surface area contributed by atoms with Gasteiger partial charge in [-0.15, -0.1) is 0 Å². The fraction of sp³-hybridized carbons (Fsp3) is 0.278. The van der Waals surface area contributed by atoms with Crippen molar-refractivity contribution in [2.75, 3.05) is 6.61 Å². The van der Waals surface area contributed by atoms with Crippen molar-refractivity contribution in [3.63, 3.8) is 0 Å². The van der Waals surface area contributed by atoms with E-state index in [1.807, 2.05) is 19.9 Å². The van der Waals surface area contributed by atoms with Gasteiger partial charge in [-0.25, -0.2) is 4.98 Å². The van der Waals surface area contributed by atoms with Crippen LogP contribution < -0.4 is 16.2 Å². The van der Waals surface area contributed by atoms with Crippen LogP contribution in [-0.2, 0) is 0 Å². The fourth-order valence-corrected chi connectivity index (χ4v) is 2.80. The number of imidazole rings is 1.